The van der Waals surface area contributed by atoms with Gasteiger partial charge < -0.3 is 5.32 Å². The second kappa shape index (κ2) is 8.12. The first kappa shape index (κ1) is 17.5. The molecule has 122 valence electrons. The molecule has 0 saturated heterocycles. The van der Waals surface area contributed by atoms with E-state index >= 15 is 0 Å². The molecule has 3 nitrogen and oxygen atoms in total. The summed E-state index contributed by atoms with van der Waals surface area (Å²) in [5.41, 5.74) is 3.96. The molecule has 0 unspecified atom stereocenters. The number of carbonyl (C=O) groups excluding carboxylic acids is 1. The van der Waals surface area contributed by atoms with Gasteiger partial charge in [0.25, 0.3) is 5.91 Å². The molecule has 1 amide bonds. The van der Waals surface area contributed by atoms with Crippen LogP contribution in [0.4, 0.5) is 5.69 Å². The Morgan fingerprint density at radius 3 is 2.42 bits per heavy atom. The lowest BCUT2D eigenvalue weighted by molar-refractivity contribution is -0.112. The Balaban J connectivity index is 2.21. The summed E-state index contributed by atoms with van der Waals surface area (Å²) in [6, 6.07) is 17.5. The second-order valence-electron chi connectivity index (χ2n) is 5.96. The van der Waals surface area contributed by atoms with Gasteiger partial charge in [0.05, 0.1) is 0 Å². The number of rotatable bonds is 5. The molecule has 2 aromatic rings. The van der Waals surface area contributed by atoms with Crippen molar-refractivity contribution in [3.8, 4) is 6.07 Å². The molecule has 0 saturated carbocycles. The van der Waals surface area contributed by atoms with Gasteiger partial charge in [-0.25, -0.2) is 0 Å². The third kappa shape index (κ3) is 4.33. The Morgan fingerprint density at radius 2 is 1.83 bits per heavy atom. The highest BCUT2D eigenvalue weighted by molar-refractivity contribution is 6.09. The maximum atomic E-state index is 12.4. The van der Waals surface area contributed by atoms with Gasteiger partial charge in [0, 0.05) is 5.69 Å². The first-order valence-electron chi connectivity index (χ1n) is 8.16. The van der Waals surface area contributed by atoms with Gasteiger partial charge in [0.1, 0.15) is 11.6 Å². The van der Waals surface area contributed by atoms with Crippen LogP contribution in [0, 0.1) is 11.3 Å². The average Bonchev–Trinajstić information content (AvgIpc) is 2.60. The van der Waals surface area contributed by atoms with Crippen molar-refractivity contribution in [2.45, 2.75) is 33.1 Å². The maximum Gasteiger partial charge on any atom is 0.266 e. The van der Waals surface area contributed by atoms with Crippen LogP contribution in [0.15, 0.2) is 54.1 Å². The summed E-state index contributed by atoms with van der Waals surface area (Å²) in [6.07, 6.45) is 2.44. The van der Waals surface area contributed by atoms with Gasteiger partial charge in [-0.3, -0.25) is 4.79 Å². The highest BCUT2D eigenvalue weighted by Crippen LogP contribution is 2.18. The fourth-order valence-electron chi connectivity index (χ4n) is 2.43. The number of para-hydroxylation sites is 1. The number of carbonyl (C=O) groups is 1. The standard InChI is InChI=1S/C21H22N2O/c1-4-17-7-5-6-8-20(17)23-21(24)19(14-22)13-16-9-11-18(12-10-16)15(2)3/h5-13,15H,4H2,1-3H3,(H,23,24)/b19-13+. The van der Waals surface area contributed by atoms with E-state index in [0.29, 0.717) is 5.92 Å². The van der Waals surface area contributed by atoms with E-state index < -0.39 is 0 Å². The lowest BCUT2D eigenvalue weighted by Crippen LogP contribution is -2.14. The van der Waals surface area contributed by atoms with Crippen LogP contribution in [0.1, 0.15) is 43.4 Å². The molecular formula is C21H22N2O. The van der Waals surface area contributed by atoms with E-state index in [0.717, 1.165) is 23.2 Å². The van der Waals surface area contributed by atoms with Gasteiger partial charge in [0.2, 0.25) is 0 Å². The monoisotopic (exact) mass is 318 g/mol. The molecule has 0 radical (unpaired) electrons. The van der Waals surface area contributed by atoms with Crippen LogP contribution in [0.25, 0.3) is 6.08 Å². The third-order valence-electron chi connectivity index (χ3n) is 3.93. The number of hydrogen-bond donors (Lipinski definition) is 1. The molecule has 2 aromatic carbocycles. The third-order valence-corrected chi connectivity index (χ3v) is 3.93. The van der Waals surface area contributed by atoms with Crippen molar-refractivity contribution in [2.75, 3.05) is 5.32 Å². The second-order valence-corrected chi connectivity index (χ2v) is 5.96. The zero-order valence-corrected chi connectivity index (χ0v) is 14.3. The predicted molar refractivity (Wildman–Crippen MR) is 98.6 cm³/mol. The Bertz CT molecular complexity index is 780. The number of nitrogens with zero attached hydrogens (tertiary/aromatic N) is 1. The molecule has 0 spiro atoms. The molecule has 0 heterocycles. The van der Waals surface area contributed by atoms with Crippen molar-refractivity contribution in [1.82, 2.24) is 0 Å². The van der Waals surface area contributed by atoms with E-state index in [-0.39, 0.29) is 11.5 Å². The quantitative estimate of drug-likeness (QED) is 0.628. The molecule has 0 aromatic heterocycles. The number of aryl methyl sites for hydroxylation is 1. The summed E-state index contributed by atoms with van der Waals surface area (Å²) in [5.74, 6) is 0.0682. The summed E-state index contributed by atoms with van der Waals surface area (Å²) < 4.78 is 0. The summed E-state index contributed by atoms with van der Waals surface area (Å²) in [5, 5.41) is 12.2. The fourth-order valence-corrected chi connectivity index (χ4v) is 2.43. The van der Waals surface area contributed by atoms with Crippen LogP contribution in [-0.2, 0) is 11.2 Å². The molecule has 0 bridgehead atoms. The molecule has 0 atom stereocenters. The smallest absolute Gasteiger partial charge is 0.266 e. The summed E-state index contributed by atoms with van der Waals surface area (Å²) in [4.78, 5) is 12.4. The molecular weight excluding hydrogens is 296 g/mol. The molecule has 0 aliphatic heterocycles. The number of nitrogens with one attached hydrogen (secondary N) is 1. The Morgan fingerprint density at radius 1 is 1.17 bits per heavy atom. The minimum Gasteiger partial charge on any atom is -0.321 e. The Labute approximate surface area is 143 Å². The van der Waals surface area contributed by atoms with Crippen LogP contribution < -0.4 is 5.32 Å². The van der Waals surface area contributed by atoms with Crippen molar-refractivity contribution >= 4 is 17.7 Å². The van der Waals surface area contributed by atoms with Gasteiger partial charge in [-0.05, 0) is 41.2 Å². The van der Waals surface area contributed by atoms with Gasteiger partial charge in [0.15, 0.2) is 0 Å². The Kier molecular flexibility index (Phi) is 5.92. The van der Waals surface area contributed by atoms with E-state index in [1.54, 1.807) is 6.08 Å². The van der Waals surface area contributed by atoms with Crippen molar-refractivity contribution in [3.63, 3.8) is 0 Å². The minimum atomic E-state index is -0.383. The van der Waals surface area contributed by atoms with Gasteiger partial charge in [-0.2, -0.15) is 5.26 Å². The fraction of sp³-hybridized carbons (Fsp3) is 0.238. The van der Waals surface area contributed by atoms with Crippen molar-refractivity contribution in [2.24, 2.45) is 0 Å². The number of amides is 1. The van der Waals surface area contributed by atoms with Crippen LogP contribution >= 0.6 is 0 Å². The number of anilines is 1. The molecule has 24 heavy (non-hydrogen) atoms. The highest BCUT2D eigenvalue weighted by atomic mass is 16.1. The normalized spacial score (nSPS) is 11.2. The van der Waals surface area contributed by atoms with Crippen LogP contribution in [0.2, 0.25) is 0 Å². The summed E-state index contributed by atoms with van der Waals surface area (Å²) in [7, 11) is 0. The molecule has 2 rings (SSSR count). The van der Waals surface area contributed by atoms with Crippen LogP contribution in [0.3, 0.4) is 0 Å². The summed E-state index contributed by atoms with van der Waals surface area (Å²) >= 11 is 0. The average molecular weight is 318 g/mol. The largest absolute Gasteiger partial charge is 0.321 e. The zero-order chi connectivity index (χ0) is 17.5. The van der Waals surface area contributed by atoms with Crippen LogP contribution in [0.5, 0.6) is 0 Å². The molecule has 0 aliphatic rings. The predicted octanol–water partition coefficient (Wildman–Crippen LogP) is 4.92. The summed E-state index contributed by atoms with van der Waals surface area (Å²) in [6.45, 7) is 6.29. The van der Waals surface area contributed by atoms with E-state index in [1.807, 2.05) is 61.5 Å². The van der Waals surface area contributed by atoms with E-state index in [9.17, 15) is 10.1 Å². The van der Waals surface area contributed by atoms with E-state index in [2.05, 4.69) is 19.2 Å². The topological polar surface area (TPSA) is 52.9 Å². The van der Waals surface area contributed by atoms with Gasteiger partial charge in [-0.1, -0.05) is 63.2 Å². The first-order chi connectivity index (χ1) is 11.5. The maximum absolute atomic E-state index is 12.4. The molecule has 0 fully saturated rings. The lowest BCUT2D eigenvalue weighted by Gasteiger charge is -2.09. The first-order valence-corrected chi connectivity index (χ1v) is 8.16. The van der Waals surface area contributed by atoms with Crippen molar-refractivity contribution < 1.29 is 4.79 Å². The zero-order valence-electron chi connectivity index (χ0n) is 14.3. The van der Waals surface area contributed by atoms with Gasteiger partial charge >= 0.3 is 0 Å². The molecule has 0 aliphatic carbocycles. The van der Waals surface area contributed by atoms with E-state index in [4.69, 9.17) is 0 Å². The minimum absolute atomic E-state index is 0.0956. The molecule has 1 N–H and O–H groups in total. The number of nitriles is 1. The van der Waals surface area contributed by atoms with Crippen molar-refractivity contribution in [1.29, 1.82) is 5.26 Å². The highest BCUT2D eigenvalue weighted by Gasteiger charge is 2.11. The number of hydrogen-bond acceptors (Lipinski definition) is 2. The van der Waals surface area contributed by atoms with E-state index in [1.165, 1.54) is 5.56 Å². The number of benzene rings is 2. The lowest BCUT2D eigenvalue weighted by atomic mass is 10.0. The Hall–Kier alpha value is -2.86. The molecule has 3 heteroatoms. The van der Waals surface area contributed by atoms with Crippen LogP contribution in [-0.4, -0.2) is 5.91 Å². The van der Waals surface area contributed by atoms with Gasteiger partial charge in [-0.15, -0.1) is 0 Å². The SMILES string of the molecule is CCc1ccccc1NC(=O)/C(C#N)=C/c1ccc(C(C)C)cc1. The van der Waals surface area contributed by atoms with Crippen molar-refractivity contribution in [3.05, 3.63) is 70.8 Å².